The normalized spacial score (nSPS) is 21.9. The number of fused-ring (bicyclic) bond motifs is 1. The minimum Gasteiger partial charge on any atom is -0.411 e. The molecule has 140 valence electrons. The molecule has 0 spiro atoms. The number of allylic oxidation sites excluding steroid dienone is 1. The molecular weight excluding hydrogens is 348 g/mol. The maximum Gasteiger partial charge on any atom is 0.117 e. The highest BCUT2D eigenvalue weighted by Gasteiger charge is 2.38. The third-order valence-electron chi connectivity index (χ3n) is 6.18. The number of rotatable bonds is 4. The molecule has 5 rings (SSSR count). The van der Waals surface area contributed by atoms with Crippen molar-refractivity contribution in [2.45, 2.75) is 31.1 Å². The number of aromatic nitrogens is 3. The SMILES string of the molecule is ON=C(c1n[nH]c2c1C=CC(c1ccccc1)(c1cccnc1)C2)C1CCC1. The molecule has 5 nitrogen and oxygen atoms in total. The summed E-state index contributed by atoms with van der Waals surface area (Å²) in [5, 5.41) is 21.0. The van der Waals surface area contributed by atoms with Gasteiger partial charge in [-0.05, 0) is 30.0 Å². The van der Waals surface area contributed by atoms with Crippen LogP contribution in [-0.4, -0.2) is 26.1 Å². The summed E-state index contributed by atoms with van der Waals surface area (Å²) in [7, 11) is 0. The van der Waals surface area contributed by atoms with Crippen LogP contribution in [0.2, 0.25) is 0 Å². The van der Waals surface area contributed by atoms with Gasteiger partial charge in [0.05, 0.1) is 0 Å². The average molecular weight is 370 g/mol. The number of benzene rings is 1. The molecule has 0 radical (unpaired) electrons. The van der Waals surface area contributed by atoms with E-state index in [-0.39, 0.29) is 5.41 Å². The standard InChI is InChI=1S/C23H22N4O/c28-27-21(16-6-4-7-16)22-19-11-12-23(14-20(19)25-26-22,17-8-2-1-3-9-17)18-10-5-13-24-15-18/h1-3,5,8-13,15-16,28H,4,6-7,14H2,(H,25,26). The molecule has 1 atom stereocenters. The summed E-state index contributed by atoms with van der Waals surface area (Å²) in [5.74, 6) is 0.310. The van der Waals surface area contributed by atoms with Crippen molar-refractivity contribution in [2.75, 3.05) is 0 Å². The van der Waals surface area contributed by atoms with E-state index in [2.05, 4.69) is 62.8 Å². The highest BCUT2D eigenvalue weighted by molar-refractivity contribution is 6.03. The van der Waals surface area contributed by atoms with Gasteiger partial charge < -0.3 is 5.21 Å². The number of H-pyrrole nitrogens is 1. The molecule has 1 unspecified atom stereocenters. The van der Waals surface area contributed by atoms with E-state index in [1.54, 1.807) is 6.20 Å². The summed E-state index contributed by atoms with van der Waals surface area (Å²) in [4.78, 5) is 4.36. The Hall–Kier alpha value is -3.21. The van der Waals surface area contributed by atoms with E-state index >= 15 is 0 Å². The van der Waals surface area contributed by atoms with Crippen molar-refractivity contribution in [1.82, 2.24) is 15.2 Å². The Morgan fingerprint density at radius 1 is 1.11 bits per heavy atom. The first-order valence-corrected chi connectivity index (χ1v) is 9.76. The van der Waals surface area contributed by atoms with Crippen LogP contribution in [0.15, 0.2) is 66.1 Å². The fourth-order valence-corrected chi connectivity index (χ4v) is 4.39. The second kappa shape index (κ2) is 6.75. The molecule has 0 saturated heterocycles. The fraction of sp³-hybridized carbons (Fsp3) is 0.261. The van der Waals surface area contributed by atoms with Crippen LogP contribution < -0.4 is 0 Å². The maximum absolute atomic E-state index is 9.60. The van der Waals surface area contributed by atoms with E-state index in [0.717, 1.165) is 41.8 Å². The first kappa shape index (κ1) is 16.9. The largest absolute Gasteiger partial charge is 0.411 e. The molecule has 2 heterocycles. The second-order valence-corrected chi connectivity index (χ2v) is 7.67. The van der Waals surface area contributed by atoms with E-state index in [1.165, 1.54) is 12.0 Å². The molecule has 3 aromatic rings. The van der Waals surface area contributed by atoms with Crippen LogP contribution in [0.5, 0.6) is 0 Å². The molecule has 2 aliphatic carbocycles. The lowest BCUT2D eigenvalue weighted by atomic mass is 9.68. The van der Waals surface area contributed by atoms with Gasteiger partial charge in [0, 0.05) is 41.4 Å². The Morgan fingerprint density at radius 2 is 1.93 bits per heavy atom. The smallest absolute Gasteiger partial charge is 0.117 e. The predicted octanol–water partition coefficient (Wildman–Crippen LogP) is 4.34. The molecule has 5 heteroatoms. The van der Waals surface area contributed by atoms with Crippen LogP contribution in [0.4, 0.5) is 0 Å². The van der Waals surface area contributed by atoms with Gasteiger partial charge in [-0.3, -0.25) is 10.1 Å². The van der Waals surface area contributed by atoms with E-state index in [0.29, 0.717) is 11.6 Å². The summed E-state index contributed by atoms with van der Waals surface area (Å²) in [6, 6.07) is 14.6. The minimum atomic E-state index is -0.306. The van der Waals surface area contributed by atoms with E-state index in [9.17, 15) is 5.21 Å². The number of hydrogen-bond acceptors (Lipinski definition) is 4. The van der Waals surface area contributed by atoms with Gasteiger partial charge in [-0.2, -0.15) is 5.10 Å². The molecule has 1 fully saturated rings. The van der Waals surface area contributed by atoms with Crippen LogP contribution in [0.25, 0.3) is 6.08 Å². The molecule has 2 N–H and O–H groups in total. The van der Waals surface area contributed by atoms with Gasteiger partial charge in [-0.25, -0.2) is 0 Å². The minimum absolute atomic E-state index is 0.306. The first-order valence-electron chi connectivity index (χ1n) is 9.76. The second-order valence-electron chi connectivity index (χ2n) is 7.67. The van der Waals surface area contributed by atoms with Gasteiger partial charge in [0.15, 0.2) is 0 Å². The zero-order chi connectivity index (χ0) is 19.0. The van der Waals surface area contributed by atoms with Crippen LogP contribution in [-0.2, 0) is 11.8 Å². The van der Waals surface area contributed by atoms with Gasteiger partial charge in [-0.15, -0.1) is 0 Å². The highest BCUT2D eigenvalue weighted by atomic mass is 16.4. The van der Waals surface area contributed by atoms with Crippen molar-refractivity contribution in [1.29, 1.82) is 0 Å². The number of oxime groups is 1. The Balaban J connectivity index is 1.61. The van der Waals surface area contributed by atoms with Crippen molar-refractivity contribution in [3.05, 3.63) is 89.0 Å². The molecular formula is C23H22N4O. The molecule has 2 aliphatic rings. The first-order chi connectivity index (χ1) is 13.8. The van der Waals surface area contributed by atoms with Crippen molar-refractivity contribution >= 4 is 11.8 Å². The summed E-state index contributed by atoms with van der Waals surface area (Å²) in [6.45, 7) is 0. The number of hydrogen-bond donors (Lipinski definition) is 2. The van der Waals surface area contributed by atoms with Crippen LogP contribution >= 0.6 is 0 Å². The molecule has 0 aliphatic heterocycles. The van der Waals surface area contributed by atoms with Gasteiger partial charge in [0.25, 0.3) is 0 Å². The summed E-state index contributed by atoms with van der Waals surface area (Å²) >= 11 is 0. The number of nitrogens with one attached hydrogen (secondary N) is 1. The highest BCUT2D eigenvalue weighted by Crippen LogP contribution is 2.42. The molecule has 1 saturated carbocycles. The maximum atomic E-state index is 9.60. The molecule has 0 amide bonds. The molecule has 0 bridgehead atoms. The van der Waals surface area contributed by atoms with Crippen molar-refractivity contribution in [3.8, 4) is 0 Å². The van der Waals surface area contributed by atoms with Crippen LogP contribution in [0.3, 0.4) is 0 Å². The Bertz CT molecular complexity index is 993. The third kappa shape index (κ3) is 2.58. The Morgan fingerprint density at radius 3 is 2.61 bits per heavy atom. The topological polar surface area (TPSA) is 74.2 Å². The van der Waals surface area contributed by atoms with Gasteiger partial charge >= 0.3 is 0 Å². The summed E-state index contributed by atoms with van der Waals surface area (Å²) in [6.07, 6.45) is 12.2. The van der Waals surface area contributed by atoms with Crippen molar-refractivity contribution in [2.24, 2.45) is 11.1 Å². The monoisotopic (exact) mass is 370 g/mol. The lowest BCUT2D eigenvalue weighted by Gasteiger charge is -2.34. The lowest BCUT2D eigenvalue weighted by Crippen LogP contribution is -2.31. The quantitative estimate of drug-likeness (QED) is 0.408. The average Bonchev–Trinajstić information content (AvgIpc) is 3.14. The van der Waals surface area contributed by atoms with Gasteiger partial charge in [0.2, 0.25) is 0 Å². The Kier molecular flexibility index (Phi) is 4.08. The number of aromatic amines is 1. The Labute approximate surface area is 163 Å². The predicted molar refractivity (Wildman–Crippen MR) is 108 cm³/mol. The number of pyridine rings is 1. The van der Waals surface area contributed by atoms with Crippen molar-refractivity contribution in [3.63, 3.8) is 0 Å². The van der Waals surface area contributed by atoms with Crippen LogP contribution in [0, 0.1) is 5.92 Å². The number of nitrogens with zero attached hydrogens (tertiary/aromatic N) is 3. The third-order valence-corrected chi connectivity index (χ3v) is 6.18. The molecule has 1 aromatic carbocycles. The summed E-state index contributed by atoms with van der Waals surface area (Å²) < 4.78 is 0. The van der Waals surface area contributed by atoms with Crippen molar-refractivity contribution < 1.29 is 5.21 Å². The zero-order valence-electron chi connectivity index (χ0n) is 15.5. The molecule has 2 aromatic heterocycles. The van der Waals surface area contributed by atoms with E-state index < -0.39 is 0 Å². The van der Waals surface area contributed by atoms with E-state index in [1.807, 2.05) is 18.3 Å². The molecule has 28 heavy (non-hydrogen) atoms. The van der Waals surface area contributed by atoms with E-state index in [4.69, 9.17) is 0 Å². The zero-order valence-corrected chi connectivity index (χ0v) is 15.5. The summed E-state index contributed by atoms with van der Waals surface area (Å²) in [5.41, 5.74) is 5.65. The van der Waals surface area contributed by atoms with Crippen LogP contribution in [0.1, 0.15) is 47.3 Å². The fourth-order valence-electron chi connectivity index (χ4n) is 4.39. The lowest BCUT2D eigenvalue weighted by molar-refractivity contribution is 0.305. The van der Waals surface area contributed by atoms with Gasteiger partial charge in [0.1, 0.15) is 11.4 Å². The van der Waals surface area contributed by atoms with Gasteiger partial charge in [-0.1, -0.05) is 60.1 Å².